The predicted molar refractivity (Wildman–Crippen MR) is 128 cm³/mol. The first kappa shape index (κ1) is 20.8. The molecule has 0 radical (unpaired) electrons. The number of hydrogen-bond donors (Lipinski definition) is 2. The zero-order chi connectivity index (χ0) is 23.3. The maximum absolute atomic E-state index is 13.8. The Hall–Kier alpha value is -3.77. The Kier molecular flexibility index (Phi) is 4.85. The van der Waals surface area contributed by atoms with Crippen LogP contribution in [0.4, 0.5) is 5.69 Å². The van der Waals surface area contributed by atoms with Crippen LogP contribution in [0.1, 0.15) is 16.7 Å². The van der Waals surface area contributed by atoms with Crippen LogP contribution in [0.5, 0.6) is 0 Å². The molecule has 2 N–H and O–H groups in total. The minimum atomic E-state index is -1.24. The van der Waals surface area contributed by atoms with E-state index in [-0.39, 0.29) is 23.8 Å². The fourth-order valence-corrected chi connectivity index (χ4v) is 5.97. The van der Waals surface area contributed by atoms with E-state index in [9.17, 15) is 14.4 Å². The first-order chi connectivity index (χ1) is 16.6. The fourth-order valence-electron chi connectivity index (χ4n) is 5.97. The summed E-state index contributed by atoms with van der Waals surface area (Å²) in [5.41, 5.74) is 2.33. The first-order valence-electron chi connectivity index (χ1n) is 11.7. The van der Waals surface area contributed by atoms with E-state index in [0.717, 1.165) is 16.7 Å². The van der Waals surface area contributed by atoms with Gasteiger partial charge in [0.1, 0.15) is 5.54 Å². The lowest BCUT2D eigenvalue weighted by Crippen LogP contribution is -2.53. The lowest BCUT2D eigenvalue weighted by Gasteiger charge is -2.29. The number of carbonyl (C=O) groups is 3. The topological polar surface area (TPSA) is 78.5 Å². The van der Waals surface area contributed by atoms with Gasteiger partial charge in [0.05, 0.1) is 11.8 Å². The normalized spacial score (nSPS) is 27.2. The van der Waals surface area contributed by atoms with Gasteiger partial charge in [-0.05, 0) is 30.0 Å². The minimum Gasteiger partial charge on any atom is -0.324 e. The van der Waals surface area contributed by atoms with E-state index in [2.05, 4.69) is 10.6 Å². The summed E-state index contributed by atoms with van der Waals surface area (Å²) < 4.78 is 0. The number of nitrogens with one attached hydrogen (secondary N) is 2. The highest BCUT2D eigenvalue weighted by Crippen LogP contribution is 2.53. The summed E-state index contributed by atoms with van der Waals surface area (Å²) in [6.45, 7) is 0.312. The molecule has 6 heteroatoms. The first-order valence-corrected chi connectivity index (χ1v) is 11.7. The molecule has 0 aromatic heterocycles. The van der Waals surface area contributed by atoms with Gasteiger partial charge in [0.2, 0.25) is 17.7 Å². The number of para-hydroxylation sites is 1. The molecule has 0 unspecified atom stereocenters. The molecular formula is C28H25N3O3. The van der Waals surface area contributed by atoms with Gasteiger partial charge in [-0.2, -0.15) is 0 Å². The number of benzene rings is 3. The van der Waals surface area contributed by atoms with Crippen molar-refractivity contribution in [2.24, 2.45) is 11.8 Å². The van der Waals surface area contributed by atoms with Crippen LogP contribution in [0, 0.1) is 11.8 Å². The maximum atomic E-state index is 13.8. The quantitative estimate of drug-likeness (QED) is 0.585. The summed E-state index contributed by atoms with van der Waals surface area (Å²) >= 11 is 0. The molecule has 3 aliphatic rings. The highest BCUT2D eigenvalue weighted by atomic mass is 16.2. The van der Waals surface area contributed by atoms with Crippen molar-refractivity contribution < 1.29 is 14.4 Å². The molecule has 6 nitrogen and oxygen atoms in total. The summed E-state index contributed by atoms with van der Waals surface area (Å²) in [5.74, 6) is -2.08. The van der Waals surface area contributed by atoms with Crippen LogP contribution < -0.4 is 10.6 Å². The Balaban J connectivity index is 1.39. The van der Waals surface area contributed by atoms with Crippen molar-refractivity contribution in [1.29, 1.82) is 0 Å². The highest BCUT2D eigenvalue weighted by molar-refractivity contribution is 6.15. The Morgan fingerprint density at radius 1 is 0.765 bits per heavy atom. The van der Waals surface area contributed by atoms with Gasteiger partial charge in [0.15, 0.2) is 0 Å². The summed E-state index contributed by atoms with van der Waals surface area (Å²) in [5, 5.41) is 6.45. The lowest BCUT2D eigenvalue weighted by atomic mass is 9.76. The van der Waals surface area contributed by atoms with Crippen molar-refractivity contribution in [2.75, 3.05) is 11.9 Å². The Morgan fingerprint density at radius 3 is 2.15 bits per heavy atom. The maximum Gasteiger partial charge on any atom is 0.250 e. The molecular weight excluding hydrogens is 426 g/mol. The van der Waals surface area contributed by atoms with Crippen LogP contribution >= 0.6 is 0 Å². The number of nitrogens with zero attached hydrogens (tertiary/aromatic N) is 1. The van der Waals surface area contributed by atoms with Crippen molar-refractivity contribution >= 4 is 23.4 Å². The standard InChI is InChI=1S/C28H25N3O3/c32-25-23-22(17-19-11-5-2-6-12-19)30-28(20-13-7-8-14-21(20)29-27(28)34)24(23)26(33)31(25)16-15-18-9-3-1-4-10-18/h1-14,22-24,30H,15-17H2,(H,29,34)/t22-,23-,24-,28+/m0/s1. The monoisotopic (exact) mass is 451 g/mol. The molecule has 170 valence electrons. The number of amides is 3. The number of imide groups is 1. The molecule has 3 aliphatic heterocycles. The SMILES string of the molecule is O=C1[C@H]2[C@H](Cc3ccccc3)N[C@@]3(C(=O)Nc4ccccc43)[C@@H]2C(=O)N1CCc1ccccc1. The molecule has 3 amide bonds. The van der Waals surface area contributed by atoms with Gasteiger partial charge < -0.3 is 5.32 Å². The van der Waals surface area contributed by atoms with Crippen LogP contribution in [-0.2, 0) is 32.8 Å². The molecule has 0 aliphatic carbocycles. The third kappa shape index (κ3) is 3.02. The zero-order valence-electron chi connectivity index (χ0n) is 18.6. The van der Waals surface area contributed by atoms with Gasteiger partial charge in [-0.15, -0.1) is 0 Å². The summed E-state index contributed by atoms with van der Waals surface area (Å²) in [6.07, 6.45) is 1.15. The minimum absolute atomic E-state index is 0.187. The fraction of sp³-hybridized carbons (Fsp3) is 0.250. The van der Waals surface area contributed by atoms with Gasteiger partial charge in [0.25, 0.3) is 0 Å². The van der Waals surface area contributed by atoms with Crippen LogP contribution in [0.15, 0.2) is 84.9 Å². The van der Waals surface area contributed by atoms with E-state index in [1.807, 2.05) is 84.9 Å². The van der Waals surface area contributed by atoms with Gasteiger partial charge in [0, 0.05) is 23.8 Å². The molecule has 6 rings (SSSR count). The molecule has 3 aromatic rings. The molecule has 0 saturated carbocycles. The average Bonchev–Trinajstić information content (AvgIpc) is 3.44. The Labute approximate surface area is 198 Å². The van der Waals surface area contributed by atoms with E-state index < -0.39 is 17.4 Å². The van der Waals surface area contributed by atoms with E-state index in [0.29, 0.717) is 25.1 Å². The second kappa shape index (κ2) is 7.92. The third-order valence-electron chi connectivity index (χ3n) is 7.48. The van der Waals surface area contributed by atoms with Crippen molar-refractivity contribution in [1.82, 2.24) is 10.2 Å². The molecule has 0 bridgehead atoms. The van der Waals surface area contributed by atoms with Gasteiger partial charge >= 0.3 is 0 Å². The zero-order valence-corrected chi connectivity index (χ0v) is 18.6. The second-order valence-corrected chi connectivity index (χ2v) is 9.32. The number of likely N-dealkylation sites (tertiary alicyclic amines) is 1. The summed E-state index contributed by atoms with van der Waals surface area (Å²) in [7, 11) is 0. The molecule has 1 spiro atoms. The van der Waals surface area contributed by atoms with Crippen molar-refractivity contribution in [3.8, 4) is 0 Å². The number of carbonyl (C=O) groups excluding carboxylic acids is 3. The molecule has 2 fully saturated rings. The largest absolute Gasteiger partial charge is 0.324 e. The number of hydrogen-bond acceptors (Lipinski definition) is 4. The van der Waals surface area contributed by atoms with E-state index in [1.54, 1.807) is 0 Å². The smallest absolute Gasteiger partial charge is 0.250 e. The van der Waals surface area contributed by atoms with Crippen LogP contribution in [0.3, 0.4) is 0 Å². The van der Waals surface area contributed by atoms with E-state index in [1.165, 1.54) is 4.90 Å². The third-order valence-corrected chi connectivity index (χ3v) is 7.48. The van der Waals surface area contributed by atoms with Gasteiger partial charge in [-0.1, -0.05) is 78.9 Å². The molecule has 3 heterocycles. The van der Waals surface area contributed by atoms with Crippen LogP contribution in [0.25, 0.3) is 0 Å². The van der Waals surface area contributed by atoms with Gasteiger partial charge in [-0.3, -0.25) is 24.6 Å². The Bertz CT molecular complexity index is 1280. The molecule has 34 heavy (non-hydrogen) atoms. The summed E-state index contributed by atoms with van der Waals surface area (Å²) in [6, 6.07) is 26.9. The highest BCUT2D eigenvalue weighted by Gasteiger charge is 2.70. The number of fused-ring (bicyclic) bond motifs is 4. The van der Waals surface area contributed by atoms with Crippen LogP contribution in [-0.4, -0.2) is 35.2 Å². The molecule has 2 saturated heterocycles. The van der Waals surface area contributed by atoms with Crippen molar-refractivity contribution in [3.63, 3.8) is 0 Å². The lowest BCUT2D eigenvalue weighted by molar-refractivity contribution is -0.142. The Morgan fingerprint density at radius 2 is 1.41 bits per heavy atom. The predicted octanol–water partition coefficient (Wildman–Crippen LogP) is 2.89. The molecule has 3 aromatic carbocycles. The van der Waals surface area contributed by atoms with E-state index >= 15 is 0 Å². The van der Waals surface area contributed by atoms with E-state index in [4.69, 9.17) is 0 Å². The second-order valence-electron chi connectivity index (χ2n) is 9.32. The molecule has 4 atom stereocenters. The van der Waals surface area contributed by atoms with Crippen LogP contribution in [0.2, 0.25) is 0 Å². The number of rotatable bonds is 5. The summed E-state index contributed by atoms with van der Waals surface area (Å²) in [4.78, 5) is 42.4. The van der Waals surface area contributed by atoms with Gasteiger partial charge in [-0.25, -0.2) is 0 Å². The van der Waals surface area contributed by atoms with Crippen molar-refractivity contribution in [3.05, 3.63) is 102 Å². The average molecular weight is 452 g/mol. The van der Waals surface area contributed by atoms with Crippen molar-refractivity contribution in [2.45, 2.75) is 24.4 Å². The number of anilines is 1.